The molecule has 0 aliphatic heterocycles. The molecule has 0 saturated heterocycles. The van der Waals surface area contributed by atoms with Crippen molar-refractivity contribution in [2.45, 2.75) is 24.7 Å². The number of anilines is 3. The number of fused-ring (bicyclic) bond motifs is 7. The van der Waals surface area contributed by atoms with Crippen LogP contribution in [0.15, 0.2) is 200 Å². The second kappa shape index (κ2) is 13.0. The summed E-state index contributed by atoms with van der Waals surface area (Å²) >= 11 is 0. The van der Waals surface area contributed by atoms with Crippen LogP contribution in [0.2, 0.25) is 0 Å². The number of nitrogens with zero attached hydrogens (tertiary/aromatic N) is 1. The van der Waals surface area contributed by atoms with Crippen LogP contribution in [-0.4, -0.2) is 0 Å². The lowest BCUT2D eigenvalue weighted by Crippen LogP contribution is -2.32. The average Bonchev–Trinajstić information content (AvgIpc) is 3.52. The predicted octanol–water partition coefficient (Wildman–Crippen LogP) is 13.8. The zero-order chi connectivity index (χ0) is 35.2. The summed E-state index contributed by atoms with van der Waals surface area (Å²) in [6.45, 7) is 0. The van der Waals surface area contributed by atoms with E-state index in [-0.39, 0.29) is 5.41 Å². The van der Waals surface area contributed by atoms with Gasteiger partial charge in [0.2, 0.25) is 0 Å². The van der Waals surface area contributed by atoms with E-state index in [1.54, 1.807) is 0 Å². The summed E-state index contributed by atoms with van der Waals surface area (Å²) in [6, 6.07) is 73.9. The molecular formula is C52H39N. The molecule has 0 amide bonds. The molecule has 8 aromatic rings. The molecule has 0 N–H and O–H groups in total. The van der Waals surface area contributed by atoms with E-state index < -0.39 is 0 Å². The van der Waals surface area contributed by atoms with Crippen molar-refractivity contribution < 1.29 is 0 Å². The van der Waals surface area contributed by atoms with Gasteiger partial charge in [0.15, 0.2) is 0 Å². The van der Waals surface area contributed by atoms with Gasteiger partial charge in [-0.15, -0.1) is 0 Å². The van der Waals surface area contributed by atoms with E-state index in [0.717, 1.165) is 24.2 Å². The molecule has 1 heteroatoms. The number of benzene rings is 8. The Hall–Kier alpha value is -6.44. The molecule has 0 bridgehead atoms. The van der Waals surface area contributed by atoms with Gasteiger partial charge in [-0.2, -0.15) is 0 Å². The minimum Gasteiger partial charge on any atom is -0.310 e. The molecular weight excluding hydrogens is 639 g/mol. The van der Waals surface area contributed by atoms with Crippen molar-refractivity contribution >= 4 is 17.1 Å². The first kappa shape index (κ1) is 31.3. The van der Waals surface area contributed by atoms with Crippen molar-refractivity contribution in [2.75, 3.05) is 4.90 Å². The monoisotopic (exact) mass is 677 g/mol. The maximum Gasteiger partial charge on any atom is 0.0473 e. The third kappa shape index (κ3) is 5.31. The van der Waals surface area contributed by atoms with Crippen LogP contribution < -0.4 is 4.90 Å². The molecule has 0 radical (unpaired) electrons. The second-order valence-electron chi connectivity index (χ2n) is 14.4. The first-order chi connectivity index (χ1) is 26.3. The third-order valence-corrected chi connectivity index (χ3v) is 11.5. The van der Waals surface area contributed by atoms with Crippen LogP contribution in [0.1, 0.15) is 35.1 Å². The van der Waals surface area contributed by atoms with E-state index in [1.807, 2.05) is 0 Å². The van der Waals surface area contributed by atoms with Gasteiger partial charge in [-0.25, -0.2) is 0 Å². The molecule has 0 aromatic heterocycles. The van der Waals surface area contributed by atoms with Crippen LogP contribution in [0.5, 0.6) is 0 Å². The SMILES string of the molecule is c1ccc(-c2ccc(N(c3cc(-c4ccccc4)cc(-c4ccccc4)c3)c3ccc4c(c3)C3(CCC4)c4ccccc4-c4ccccc43)cc2)cc1. The van der Waals surface area contributed by atoms with Crippen LogP contribution in [0.25, 0.3) is 44.5 Å². The van der Waals surface area contributed by atoms with Gasteiger partial charge in [0, 0.05) is 22.5 Å². The van der Waals surface area contributed by atoms with E-state index in [2.05, 4.69) is 205 Å². The quantitative estimate of drug-likeness (QED) is 0.169. The van der Waals surface area contributed by atoms with Gasteiger partial charge in [0.1, 0.15) is 0 Å². The molecule has 0 saturated carbocycles. The Bertz CT molecular complexity index is 2470. The van der Waals surface area contributed by atoms with Crippen LogP contribution in [0.3, 0.4) is 0 Å². The summed E-state index contributed by atoms with van der Waals surface area (Å²) in [5, 5.41) is 0. The highest BCUT2D eigenvalue weighted by Gasteiger charge is 2.46. The normalized spacial score (nSPS) is 13.6. The molecule has 252 valence electrons. The van der Waals surface area contributed by atoms with E-state index in [1.165, 1.54) is 78.9 Å². The summed E-state index contributed by atoms with van der Waals surface area (Å²) in [7, 11) is 0. The van der Waals surface area contributed by atoms with Crippen molar-refractivity contribution in [3.05, 3.63) is 222 Å². The molecule has 0 heterocycles. The van der Waals surface area contributed by atoms with Crippen LogP contribution >= 0.6 is 0 Å². The highest BCUT2D eigenvalue weighted by molar-refractivity contribution is 5.88. The van der Waals surface area contributed by atoms with Crippen molar-refractivity contribution in [3.63, 3.8) is 0 Å². The standard InChI is InChI=1S/C52H39N/c1-4-15-37(16-5-1)40-26-29-44(30-27-40)53(46-34-42(38-17-6-2-7-18-38)33-43(35-46)39-19-8-3-9-20-39)45-31-28-41-21-14-32-52(51(41)36-45)49-24-12-10-22-47(49)48-23-11-13-25-50(48)52/h1-13,15-20,22-31,33-36H,14,21,32H2. The Balaban J connectivity index is 1.21. The average molecular weight is 678 g/mol. The summed E-state index contributed by atoms with van der Waals surface area (Å²) < 4.78 is 0. The number of hydrogen-bond acceptors (Lipinski definition) is 1. The first-order valence-corrected chi connectivity index (χ1v) is 18.8. The molecule has 0 atom stereocenters. The summed E-state index contributed by atoms with van der Waals surface area (Å²) in [5.74, 6) is 0. The highest BCUT2D eigenvalue weighted by Crippen LogP contribution is 2.58. The molecule has 1 spiro atoms. The lowest BCUT2D eigenvalue weighted by molar-refractivity contribution is 0.507. The van der Waals surface area contributed by atoms with Crippen LogP contribution in [0.4, 0.5) is 17.1 Å². The largest absolute Gasteiger partial charge is 0.310 e. The maximum atomic E-state index is 2.52. The van der Waals surface area contributed by atoms with Crippen LogP contribution in [0, 0.1) is 0 Å². The third-order valence-electron chi connectivity index (χ3n) is 11.5. The van der Waals surface area contributed by atoms with Crippen molar-refractivity contribution in [2.24, 2.45) is 0 Å². The molecule has 10 rings (SSSR count). The minimum absolute atomic E-state index is 0.180. The first-order valence-electron chi connectivity index (χ1n) is 18.8. The van der Waals surface area contributed by atoms with E-state index in [9.17, 15) is 0 Å². The van der Waals surface area contributed by atoms with E-state index >= 15 is 0 Å². The van der Waals surface area contributed by atoms with Gasteiger partial charge >= 0.3 is 0 Å². The molecule has 1 nitrogen and oxygen atoms in total. The van der Waals surface area contributed by atoms with Gasteiger partial charge in [-0.1, -0.05) is 158 Å². The van der Waals surface area contributed by atoms with Crippen molar-refractivity contribution in [3.8, 4) is 44.5 Å². The zero-order valence-electron chi connectivity index (χ0n) is 29.6. The summed E-state index contributed by atoms with van der Waals surface area (Å²) in [6.07, 6.45) is 3.36. The predicted molar refractivity (Wildman–Crippen MR) is 222 cm³/mol. The second-order valence-corrected chi connectivity index (χ2v) is 14.4. The molecule has 0 fully saturated rings. The Morgan fingerprint density at radius 2 is 0.811 bits per heavy atom. The highest BCUT2D eigenvalue weighted by atomic mass is 15.1. The van der Waals surface area contributed by atoms with Gasteiger partial charge in [-0.05, 0) is 128 Å². The number of hydrogen-bond donors (Lipinski definition) is 0. The van der Waals surface area contributed by atoms with Crippen molar-refractivity contribution in [1.82, 2.24) is 0 Å². The zero-order valence-corrected chi connectivity index (χ0v) is 29.6. The fourth-order valence-electron chi connectivity index (χ4n) is 9.10. The Morgan fingerprint density at radius 3 is 1.38 bits per heavy atom. The Kier molecular flexibility index (Phi) is 7.65. The Labute approximate surface area is 312 Å². The maximum absolute atomic E-state index is 2.52. The van der Waals surface area contributed by atoms with E-state index in [0.29, 0.717) is 0 Å². The molecule has 0 unspecified atom stereocenters. The summed E-state index contributed by atoms with van der Waals surface area (Å²) in [4.78, 5) is 2.48. The number of aryl methyl sites for hydroxylation is 1. The molecule has 2 aliphatic carbocycles. The summed E-state index contributed by atoms with van der Waals surface area (Å²) in [5.41, 5.74) is 19.0. The van der Waals surface area contributed by atoms with Gasteiger partial charge < -0.3 is 4.90 Å². The minimum atomic E-state index is -0.180. The molecule has 8 aromatic carbocycles. The lowest BCUT2D eigenvalue weighted by atomic mass is 9.64. The lowest BCUT2D eigenvalue weighted by Gasteiger charge is -2.39. The van der Waals surface area contributed by atoms with Gasteiger partial charge in [0.25, 0.3) is 0 Å². The molecule has 53 heavy (non-hydrogen) atoms. The smallest absolute Gasteiger partial charge is 0.0473 e. The van der Waals surface area contributed by atoms with Gasteiger partial charge in [0.05, 0.1) is 0 Å². The molecule has 2 aliphatic rings. The van der Waals surface area contributed by atoms with Crippen LogP contribution in [-0.2, 0) is 11.8 Å². The van der Waals surface area contributed by atoms with E-state index in [4.69, 9.17) is 0 Å². The van der Waals surface area contributed by atoms with Gasteiger partial charge in [-0.3, -0.25) is 0 Å². The Morgan fingerprint density at radius 1 is 0.340 bits per heavy atom. The topological polar surface area (TPSA) is 3.24 Å². The fraction of sp³-hybridized carbons (Fsp3) is 0.0769. The fourth-order valence-corrected chi connectivity index (χ4v) is 9.10. The van der Waals surface area contributed by atoms with Crippen molar-refractivity contribution in [1.29, 1.82) is 0 Å². The number of rotatable bonds is 6.